The molecule has 0 unspecified atom stereocenters. The number of nitrogens with zero attached hydrogens (tertiary/aromatic N) is 3. The smallest absolute Gasteiger partial charge is 0.232 e. The minimum Gasteiger partial charge on any atom is -0.342 e. The Bertz CT molecular complexity index is 597. The molecule has 3 heterocycles. The number of carbonyl (C=O) groups is 3. The molecule has 152 valence electrons. The van der Waals surface area contributed by atoms with Gasteiger partial charge in [0, 0.05) is 57.5 Å². The SMILES string of the molecule is CC(C)CCC(=O)N1C[C@@H]2CN(C(=O)C(C)C)C[C@]2(C(=O)N2CCCC2)C1. The van der Waals surface area contributed by atoms with Crippen molar-refractivity contribution in [1.29, 1.82) is 0 Å². The Labute approximate surface area is 163 Å². The van der Waals surface area contributed by atoms with Gasteiger partial charge in [-0.25, -0.2) is 0 Å². The van der Waals surface area contributed by atoms with Crippen LogP contribution in [0.4, 0.5) is 0 Å². The van der Waals surface area contributed by atoms with Crippen molar-refractivity contribution < 1.29 is 14.4 Å². The van der Waals surface area contributed by atoms with E-state index in [1.54, 1.807) is 0 Å². The lowest BCUT2D eigenvalue weighted by atomic mass is 9.79. The van der Waals surface area contributed by atoms with Crippen molar-refractivity contribution in [2.45, 2.75) is 53.4 Å². The van der Waals surface area contributed by atoms with Crippen molar-refractivity contribution in [2.24, 2.45) is 23.2 Å². The number of hydrogen-bond donors (Lipinski definition) is 0. The summed E-state index contributed by atoms with van der Waals surface area (Å²) in [5.41, 5.74) is -0.595. The monoisotopic (exact) mass is 377 g/mol. The van der Waals surface area contributed by atoms with Crippen LogP contribution in [0.1, 0.15) is 53.4 Å². The molecule has 3 fully saturated rings. The third kappa shape index (κ3) is 3.85. The normalized spacial score (nSPS) is 27.8. The lowest BCUT2D eigenvalue weighted by Crippen LogP contribution is -2.49. The minimum absolute atomic E-state index is 0.0634. The van der Waals surface area contributed by atoms with Crippen molar-refractivity contribution in [1.82, 2.24) is 14.7 Å². The first kappa shape index (κ1) is 20.2. The molecule has 2 atom stereocenters. The zero-order chi connectivity index (χ0) is 19.8. The van der Waals surface area contributed by atoms with Crippen LogP contribution in [0.25, 0.3) is 0 Å². The van der Waals surface area contributed by atoms with E-state index in [2.05, 4.69) is 13.8 Å². The molecular weight excluding hydrogens is 342 g/mol. The number of carbonyl (C=O) groups excluding carboxylic acids is 3. The summed E-state index contributed by atoms with van der Waals surface area (Å²) in [5, 5.41) is 0. The molecule has 3 amide bonds. The predicted octanol–water partition coefficient (Wildman–Crippen LogP) is 1.99. The van der Waals surface area contributed by atoms with Gasteiger partial charge in [-0.3, -0.25) is 14.4 Å². The topological polar surface area (TPSA) is 60.9 Å². The zero-order valence-electron chi connectivity index (χ0n) is 17.4. The molecule has 0 N–H and O–H groups in total. The molecule has 0 aliphatic carbocycles. The molecule has 0 bridgehead atoms. The molecule has 6 heteroatoms. The van der Waals surface area contributed by atoms with Gasteiger partial charge in [0.1, 0.15) is 0 Å². The number of fused-ring (bicyclic) bond motifs is 1. The third-order valence-corrected chi connectivity index (χ3v) is 6.52. The Morgan fingerprint density at radius 1 is 0.926 bits per heavy atom. The van der Waals surface area contributed by atoms with E-state index >= 15 is 0 Å². The summed E-state index contributed by atoms with van der Waals surface area (Å²) in [7, 11) is 0. The number of likely N-dealkylation sites (tertiary alicyclic amines) is 3. The highest BCUT2D eigenvalue weighted by Gasteiger charge is 2.60. The Morgan fingerprint density at radius 2 is 1.52 bits per heavy atom. The first-order chi connectivity index (χ1) is 12.7. The van der Waals surface area contributed by atoms with Crippen LogP contribution >= 0.6 is 0 Å². The first-order valence-corrected chi connectivity index (χ1v) is 10.6. The highest BCUT2D eigenvalue weighted by molar-refractivity contribution is 5.88. The summed E-state index contributed by atoms with van der Waals surface area (Å²) in [5.74, 6) is 0.950. The second-order valence-corrected chi connectivity index (χ2v) is 9.43. The van der Waals surface area contributed by atoms with Crippen molar-refractivity contribution >= 4 is 17.7 Å². The number of hydrogen-bond acceptors (Lipinski definition) is 3. The Kier molecular flexibility index (Phi) is 5.82. The van der Waals surface area contributed by atoms with Gasteiger partial charge < -0.3 is 14.7 Å². The quantitative estimate of drug-likeness (QED) is 0.736. The molecule has 0 aromatic heterocycles. The lowest BCUT2D eigenvalue weighted by molar-refractivity contribution is -0.142. The zero-order valence-corrected chi connectivity index (χ0v) is 17.4. The molecule has 0 spiro atoms. The van der Waals surface area contributed by atoms with Crippen LogP contribution in [0, 0.1) is 23.2 Å². The Morgan fingerprint density at radius 3 is 2.11 bits per heavy atom. The largest absolute Gasteiger partial charge is 0.342 e. The molecule has 0 saturated carbocycles. The highest BCUT2D eigenvalue weighted by atomic mass is 16.2. The van der Waals surface area contributed by atoms with Crippen molar-refractivity contribution in [3.63, 3.8) is 0 Å². The molecule has 3 aliphatic heterocycles. The van der Waals surface area contributed by atoms with Gasteiger partial charge in [0.2, 0.25) is 17.7 Å². The summed E-state index contributed by atoms with van der Waals surface area (Å²) in [4.78, 5) is 44.5. The van der Waals surface area contributed by atoms with E-state index in [9.17, 15) is 14.4 Å². The standard InChI is InChI=1S/C21H35N3O3/c1-15(2)7-8-18(25)23-11-17-12-24(19(26)16(3)4)14-21(17,13-23)20(27)22-9-5-6-10-22/h15-17H,5-14H2,1-4H3/t17-,21-/m1/s1. The molecular formula is C21H35N3O3. The number of amides is 3. The van der Waals surface area contributed by atoms with Gasteiger partial charge in [0.15, 0.2) is 0 Å². The van der Waals surface area contributed by atoms with E-state index in [0.29, 0.717) is 38.5 Å². The van der Waals surface area contributed by atoms with Crippen LogP contribution in [-0.4, -0.2) is 71.7 Å². The maximum absolute atomic E-state index is 13.5. The lowest BCUT2D eigenvalue weighted by Gasteiger charge is -2.32. The minimum atomic E-state index is -0.595. The van der Waals surface area contributed by atoms with E-state index in [1.165, 1.54) is 0 Å². The van der Waals surface area contributed by atoms with E-state index in [1.807, 2.05) is 28.5 Å². The van der Waals surface area contributed by atoms with E-state index in [4.69, 9.17) is 0 Å². The molecule has 27 heavy (non-hydrogen) atoms. The van der Waals surface area contributed by atoms with Crippen LogP contribution in [-0.2, 0) is 14.4 Å². The second-order valence-electron chi connectivity index (χ2n) is 9.43. The van der Waals surface area contributed by atoms with Gasteiger partial charge >= 0.3 is 0 Å². The molecule has 6 nitrogen and oxygen atoms in total. The van der Waals surface area contributed by atoms with Crippen LogP contribution in [0.2, 0.25) is 0 Å². The summed E-state index contributed by atoms with van der Waals surface area (Å²) in [6, 6.07) is 0. The average molecular weight is 378 g/mol. The Hall–Kier alpha value is -1.59. The van der Waals surface area contributed by atoms with E-state index in [0.717, 1.165) is 32.4 Å². The maximum atomic E-state index is 13.5. The van der Waals surface area contributed by atoms with Gasteiger partial charge in [0.25, 0.3) is 0 Å². The molecule has 3 aliphatic rings. The van der Waals surface area contributed by atoms with Crippen molar-refractivity contribution in [3.05, 3.63) is 0 Å². The van der Waals surface area contributed by atoms with Gasteiger partial charge in [-0.15, -0.1) is 0 Å². The van der Waals surface area contributed by atoms with E-state index < -0.39 is 5.41 Å². The fourth-order valence-corrected chi connectivity index (χ4v) is 4.90. The van der Waals surface area contributed by atoms with Gasteiger partial charge in [-0.2, -0.15) is 0 Å². The molecule has 0 aromatic rings. The summed E-state index contributed by atoms with van der Waals surface area (Å²) >= 11 is 0. The Balaban J connectivity index is 1.78. The fraction of sp³-hybridized carbons (Fsp3) is 0.857. The third-order valence-electron chi connectivity index (χ3n) is 6.52. The summed E-state index contributed by atoms with van der Waals surface area (Å²) < 4.78 is 0. The molecule has 3 saturated heterocycles. The summed E-state index contributed by atoms with van der Waals surface area (Å²) in [6.45, 7) is 11.9. The predicted molar refractivity (Wildman–Crippen MR) is 104 cm³/mol. The van der Waals surface area contributed by atoms with Crippen LogP contribution < -0.4 is 0 Å². The van der Waals surface area contributed by atoms with Crippen LogP contribution in [0.3, 0.4) is 0 Å². The molecule has 0 radical (unpaired) electrons. The first-order valence-electron chi connectivity index (χ1n) is 10.6. The van der Waals surface area contributed by atoms with Crippen LogP contribution in [0.15, 0.2) is 0 Å². The van der Waals surface area contributed by atoms with Gasteiger partial charge in [-0.05, 0) is 25.2 Å². The van der Waals surface area contributed by atoms with Crippen molar-refractivity contribution in [2.75, 3.05) is 39.3 Å². The van der Waals surface area contributed by atoms with Gasteiger partial charge in [0.05, 0.1) is 5.41 Å². The van der Waals surface area contributed by atoms with Gasteiger partial charge in [-0.1, -0.05) is 27.7 Å². The maximum Gasteiger partial charge on any atom is 0.232 e. The van der Waals surface area contributed by atoms with Crippen LogP contribution in [0.5, 0.6) is 0 Å². The van der Waals surface area contributed by atoms with E-state index in [-0.39, 0.29) is 29.6 Å². The molecule has 3 rings (SSSR count). The highest BCUT2D eigenvalue weighted by Crippen LogP contribution is 2.45. The number of rotatable bonds is 5. The second kappa shape index (κ2) is 7.80. The van der Waals surface area contributed by atoms with Crippen molar-refractivity contribution in [3.8, 4) is 0 Å². The summed E-state index contributed by atoms with van der Waals surface area (Å²) in [6.07, 6.45) is 3.54. The average Bonchev–Trinajstić information content (AvgIpc) is 3.32. The fourth-order valence-electron chi connectivity index (χ4n) is 4.90. The molecule has 0 aromatic carbocycles.